The van der Waals surface area contributed by atoms with Gasteiger partial charge in [0.25, 0.3) is 0 Å². The number of thioether (sulfide) groups is 1. The van der Waals surface area contributed by atoms with Gasteiger partial charge in [0.2, 0.25) is 0 Å². The molecule has 1 saturated carbocycles. The van der Waals surface area contributed by atoms with Crippen molar-refractivity contribution in [3.05, 3.63) is 29.3 Å². The minimum absolute atomic E-state index is 0.599. The van der Waals surface area contributed by atoms with Crippen molar-refractivity contribution >= 4 is 17.4 Å². The van der Waals surface area contributed by atoms with Crippen LogP contribution in [0.15, 0.2) is 18.2 Å². The summed E-state index contributed by atoms with van der Waals surface area (Å²) < 4.78 is 0. The Morgan fingerprint density at radius 1 is 1.44 bits per heavy atom. The van der Waals surface area contributed by atoms with E-state index in [-0.39, 0.29) is 0 Å². The zero-order valence-corrected chi connectivity index (χ0v) is 11.9. The summed E-state index contributed by atoms with van der Waals surface area (Å²) in [6.07, 6.45) is 3.85. The topological polar surface area (TPSA) is 35.8 Å². The van der Waals surface area contributed by atoms with Crippen LogP contribution in [0.1, 0.15) is 37.3 Å². The third kappa shape index (κ3) is 3.20. The fraction of sp³-hybridized carbons (Fsp3) is 0.533. The molecule has 0 radical (unpaired) electrons. The molecule has 1 aromatic carbocycles. The van der Waals surface area contributed by atoms with E-state index in [1.807, 2.05) is 19.1 Å². The van der Waals surface area contributed by atoms with Crippen molar-refractivity contribution < 1.29 is 0 Å². The van der Waals surface area contributed by atoms with Gasteiger partial charge < -0.3 is 5.32 Å². The summed E-state index contributed by atoms with van der Waals surface area (Å²) in [6.45, 7) is 4.23. The van der Waals surface area contributed by atoms with E-state index in [1.54, 1.807) is 0 Å². The van der Waals surface area contributed by atoms with Gasteiger partial charge in [-0.1, -0.05) is 6.92 Å². The number of benzene rings is 1. The monoisotopic (exact) mass is 260 g/mol. The van der Waals surface area contributed by atoms with Crippen molar-refractivity contribution in [3.63, 3.8) is 0 Å². The van der Waals surface area contributed by atoms with Gasteiger partial charge in [-0.15, -0.1) is 0 Å². The Labute approximate surface area is 114 Å². The Kier molecular flexibility index (Phi) is 4.54. The maximum Gasteiger partial charge on any atom is 0.0994 e. The van der Waals surface area contributed by atoms with Crippen LogP contribution in [0.2, 0.25) is 0 Å². The quantitative estimate of drug-likeness (QED) is 0.890. The van der Waals surface area contributed by atoms with Crippen molar-refractivity contribution in [3.8, 4) is 6.07 Å². The smallest absolute Gasteiger partial charge is 0.0994 e. The molecule has 0 amide bonds. The predicted molar refractivity (Wildman–Crippen MR) is 79.1 cm³/mol. The lowest BCUT2D eigenvalue weighted by molar-refractivity contribution is 0.757. The van der Waals surface area contributed by atoms with E-state index < -0.39 is 0 Å². The summed E-state index contributed by atoms with van der Waals surface area (Å²) in [7, 11) is 0. The molecular weight excluding hydrogens is 240 g/mol. The molecule has 1 aliphatic carbocycles. The van der Waals surface area contributed by atoms with Gasteiger partial charge in [0.05, 0.1) is 11.6 Å². The van der Waals surface area contributed by atoms with Gasteiger partial charge >= 0.3 is 0 Å². The van der Waals surface area contributed by atoms with Crippen molar-refractivity contribution in [2.24, 2.45) is 0 Å². The summed E-state index contributed by atoms with van der Waals surface area (Å²) in [5.74, 6) is 1.22. The Morgan fingerprint density at radius 2 is 2.28 bits per heavy atom. The van der Waals surface area contributed by atoms with Gasteiger partial charge in [-0.2, -0.15) is 17.0 Å². The zero-order valence-electron chi connectivity index (χ0n) is 11.1. The highest BCUT2D eigenvalue weighted by Gasteiger charge is 2.24. The first-order chi connectivity index (χ1) is 8.72. The number of anilines is 1. The Bertz CT molecular complexity index is 450. The van der Waals surface area contributed by atoms with Gasteiger partial charge in [0, 0.05) is 17.0 Å². The molecule has 1 aliphatic rings. The van der Waals surface area contributed by atoms with Crippen LogP contribution in [0, 0.1) is 18.3 Å². The van der Waals surface area contributed by atoms with Crippen molar-refractivity contribution in [2.75, 3.05) is 11.1 Å². The molecule has 0 spiro atoms. The molecule has 18 heavy (non-hydrogen) atoms. The normalized spacial score (nSPS) is 22.7. The van der Waals surface area contributed by atoms with Gasteiger partial charge in [-0.25, -0.2) is 0 Å². The average molecular weight is 260 g/mol. The third-order valence-corrected chi connectivity index (χ3v) is 4.74. The predicted octanol–water partition coefficient (Wildman–Crippen LogP) is 3.95. The van der Waals surface area contributed by atoms with Gasteiger partial charge in [0.1, 0.15) is 0 Å². The van der Waals surface area contributed by atoms with Crippen LogP contribution in [-0.4, -0.2) is 17.0 Å². The van der Waals surface area contributed by atoms with Crippen LogP contribution in [-0.2, 0) is 0 Å². The summed E-state index contributed by atoms with van der Waals surface area (Å²) in [5, 5.41) is 13.3. The molecule has 2 unspecified atom stereocenters. The SMILES string of the molecule is CCSC1CCC(Nc2ccc(C#N)c(C)c2)C1. The molecule has 2 atom stereocenters. The Hall–Kier alpha value is -1.14. The van der Waals surface area contributed by atoms with Crippen LogP contribution in [0.25, 0.3) is 0 Å². The molecule has 1 N–H and O–H groups in total. The highest BCUT2D eigenvalue weighted by atomic mass is 32.2. The van der Waals surface area contributed by atoms with Gasteiger partial charge in [-0.3, -0.25) is 0 Å². The summed E-state index contributed by atoms with van der Waals surface area (Å²) >= 11 is 2.08. The average Bonchev–Trinajstić information content (AvgIpc) is 2.77. The maximum absolute atomic E-state index is 8.91. The highest BCUT2D eigenvalue weighted by molar-refractivity contribution is 7.99. The second-order valence-corrected chi connectivity index (χ2v) is 6.45. The first-order valence-electron chi connectivity index (χ1n) is 6.61. The van der Waals surface area contributed by atoms with Crippen molar-refractivity contribution in [2.45, 2.75) is 44.4 Å². The zero-order chi connectivity index (χ0) is 13.0. The highest BCUT2D eigenvalue weighted by Crippen LogP contribution is 2.31. The molecule has 1 aromatic rings. The third-order valence-electron chi connectivity index (χ3n) is 3.50. The van der Waals surface area contributed by atoms with Crippen LogP contribution >= 0.6 is 11.8 Å². The maximum atomic E-state index is 8.91. The lowest BCUT2D eigenvalue weighted by atomic mass is 10.1. The van der Waals surface area contributed by atoms with Crippen LogP contribution in [0.5, 0.6) is 0 Å². The number of nitriles is 1. The van der Waals surface area contributed by atoms with Crippen LogP contribution in [0.3, 0.4) is 0 Å². The minimum Gasteiger partial charge on any atom is -0.382 e. The van der Waals surface area contributed by atoms with E-state index in [1.165, 1.54) is 25.0 Å². The summed E-state index contributed by atoms with van der Waals surface area (Å²) in [5.41, 5.74) is 2.98. The van der Waals surface area contributed by atoms with Crippen molar-refractivity contribution in [1.82, 2.24) is 0 Å². The molecule has 96 valence electrons. The molecule has 0 heterocycles. The molecule has 2 nitrogen and oxygen atoms in total. The first-order valence-corrected chi connectivity index (χ1v) is 7.66. The number of nitrogens with one attached hydrogen (secondary N) is 1. The molecule has 0 aromatic heterocycles. The van der Waals surface area contributed by atoms with Crippen LogP contribution < -0.4 is 5.32 Å². The standard InChI is InChI=1S/C15H20N2S/c1-3-18-15-7-6-14(9-15)17-13-5-4-12(10-16)11(2)8-13/h4-5,8,14-15,17H,3,6-7,9H2,1-2H3. The number of rotatable bonds is 4. The Morgan fingerprint density at radius 3 is 2.94 bits per heavy atom. The number of hydrogen-bond donors (Lipinski definition) is 1. The van der Waals surface area contributed by atoms with E-state index in [2.05, 4.69) is 36.1 Å². The van der Waals surface area contributed by atoms with E-state index in [4.69, 9.17) is 5.26 Å². The second-order valence-electron chi connectivity index (χ2n) is 4.87. The lowest BCUT2D eigenvalue weighted by Gasteiger charge is -2.15. The molecule has 2 rings (SSSR count). The molecule has 3 heteroatoms. The lowest BCUT2D eigenvalue weighted by Crippen LogP contribution is -2.16. The molecule has 0 bridgehead atoms. The van der Waals surface area contributed by atoms with E-state index in [0.717, 1.165) is 22.1 Å². The second kappa shape index (κ2) is 6.15. The Balaban J connectivity index is 1.95. The summed E-state index contributed by atoms with van der Waals surface area (Å²) in [4.78, 5) is 0. The van der Waals surface area contributed by atoms with E-state index in [0.29, 0.717) is 6.04 Å². The van der Waals surface area contributed by atoms with E-state index >= 15 is 0 Å². The number of aryl methyl sites for hydroxylation is 1. The number of nitrogens with zero attached hydrogens (tertiary/aromatic N) is 1. The first kappa shape index (κ1) is 13.3. The minimum atomic E-state index is 0.599. The molecule has 1 fully saturated rings. The molecule has 0 aliphatic heterocycles. The van der Waals surface area contributed by atoms with Gasteiger partial charge in [0.15, 0.2) is 0 Å². The fourth-order valence-corrected chi connectivity index (χ4v) is 3.72. The molecular formula is C15H20N2S. The number of hydrogen-bond acceptors (Lipinski definition) is 3. The summed E-state index contributed by atoms with van der Waals surface area (Å²) in [6, 6.07) is 8.82. The van der Waals surface area contributed by atoms with Crippen molar-refractivity contribution in [1.29, 1.82) is 5.26 Å². The van der Waals surface area contributed by atoms with Gasteiger partial charge in [-0.05, 0) is 55.7 Å². The van der Waals surface area contributed by atoms with E-state index in [9.17, 15) is 0 Å². The largest absolute Gasteiger partial charge is 0.382 e. The fourth-order valence-electron chi connectivity index (χ4n) is 2.57. The molecule has 0 saturated heterocycles. The van der Waals surface area contributed by atoms with Crippen LogP contribution in [0.4, 0.5) is 5.69 Å².